The van der Waals surface area contributed by atoms with Gasteiger partial charge in [0.05, 0.1) is 18.1 Å². The van der Waals surface area contributed by atoms with Crippen LogP contribution in [0.5, 0.6) is 0 Å². The van der Waals surface area contributed by atoms with Crippen molar-refractivity contribution in [3.05, 3.63) is 32.8 Å². The molecule has 0 fully saturated rings. The van der Waals surface area contributed by atoms with Gasteiger partial charge in [0.2, 0.25) is 0 Å². The number of nitro groups is 1. The molecule has 7 heteroatoms. The number of nitro benzene ring substituents is 1. The summed E-state index contributed by atoms with van der Waals surface area (Å²) < 4.78 is 10.9. The van der Waals surface area contributed by atoms with Gasteiger partial charge in [-0.15, -0.1) is 0 Å². The van der Waals surface area contributed by atoms with E-state index in [1.807, 2.05) is 0 Å². The second-order valence-electron chi connectivity index (χ2n) is 4.16. The molecule has 1 aromatic carbocycles. The monoisotopic (exact) mass is 346 g/mol. The number of halogens is 1. The normalized spacial score (nSPS) is 10.5. The molecule has 0 amide bonds. The Hall–Kier alpha value is -1.18. The van der Waals surface area contributed by atoms with E-state index in [0.717, 1.165) is 12.8 Å². The van der Waals surface area contributed by atoms with Gasteiger partial charge in [0.15, 0.2) is 0 Å². The van der Waals surface area contributed by atoms with Crippen LogP contribution in [0, 0.1) is 10.1 Å². The van der Waals surface area contributed by atoms with Gasteiger partial charge in [0.25, 0.3) is 5.69 Å². The van der Waals surface area contributed by atoms with E-state index in [1.54, 1.807) is 19.2 Å². The number of benzene rings is 1. The molecule has 0 bridgehead atoms. The minimum atomic E-state index is -0.388. The average molecular weight is 347 g/mol. The first-order chi connectivity index (χ1) is 9.65. The molecular formula is C13H19BrN2O4. The molecule has 0 aliphatic carbocycles. The summed E-state index contributed by atoms with van der Waals surface area (Å²) in [6.45, 7) is 2.55. The number of hydrogen-bond donors (Lipinski definition) is 1. The van der Waals surface area contributed by atoms with E-state index >= 15 is 0 Å². The molecule has 0 aliphatic heterocycles. The highest BCUT2D eigenvalue weighted by Crippen LogP contribution is 2.27. The molecule has 0 heterocycles. The largest absolute Gasteiger partial charge is 0.382 e. The van der Waals surface area contributed by atoms with Crippen LogP contribution in [0.15, 0.2) is 22.7 Å². The van der Waals surface area contributed by atoms with Gasteiger partial charge in [0, 0.05) is 30.8 Å². The number of ether oxygens (including phenoxy) is 2. The summed E-state index contributed by atoms with van der Waals surface area (Å²) in [5.41, 5.74) is 0.620. The Kier molecular flexibility index (Phi) is 8.17. The maximum atomic E-state index is 10.9. The molecule has 0 atom stereocenters. The number of rotatable bonds is 10. The fourth-order valence-corrected chi connectivity index (χ4v) is 1.95. The summed E-state index contributed by atoms with van der Waals surface area (Å²) in [6.07, 6.45) is 1.79. The van der Waals surface area contributed by atoms with Gasteiger partial charge >= 0.3 is 0 Å². The van der Waals surface area contributed by atoms with Gasteiger partial charge in [-0.05, 0) is 25.0 Å². The molecule has 20 heavy (non-hydrogen) atoms. The van der Waals surface area contributed by atoms with Crippen LogP contribution in [0.2, 0.25) is 0 Å². The van der Waals surface area contributed by atoms with Crippen molar-refractivity contribution in [1.29, 1.82) is 0 Å². The summed E-state index contributed by atoms with van der Waals surface area (Å²) in [6, 6.07) is 4.98. The van der Waals surface area contributed by atoms with Gasteiger partial charge in [-0.2, -0.15) is 0 Å². The lowest BCUT2D eigenvalue weighted by Gasteiger charge is -2.07. The van der Waals surface area contributed by atoms with Gasteiger partial charge in [-0.25, -0.2) is 0 Å². The molecular weight excluding hydrogens is 328 g/mol. The molecule has 0 aromatic heterocycles. The molecule has 0 unspecified atom stereocenters. The van der Waals surface area contributed by atoms with Crippen LogP contribution in [0.3, 0.4) is 0 Å². The molecule has 0 saturated heterocycles. The van der Waals surface area contributed by atoms with Crippen molar-refractivity contribution >= 4 is 27.3 Å². The third-order valence-corrected chi connectivity index (χ3v) is 3.11. The fraction of sp³-hybridized carbons (Fsp3) is 0.538. The first-order valence-electron chi connectivity index (χ1n) is 6.39. The van der Waals surface area contributed by atoms with Crippen molar-refractivity contribution in [2.75, 3.05) is 38.8 Å². The van der Waals surface area contributed by atoms with Gasteiger partial charge in [-0.1, -0.05) is 15.9 Å². The highest BCUT2D eigenvalue weighted by atomic mass is 79.9. The molecule has 112 valence electrons. The summed E-state index contributed by atoms with van der Waals surface area (Å²) in [4.78, 5) is 10.5. The molecule has 1 N–H and O–H groups in total. The Morgan fingerprint density at radius 1 is 1.30 bits per heavy atom. The predicted octanol–water partition coefficient (Wildman–Crippen LogP) is 3.21. The van der Waals surface area contributed by atoms with Crippen LogP contribution in [0.4, 0.5) is 11.4 Å². The molecule has 0 saturated carbocycles. The van der Waals surface area contributed by atoms with Crippen LogP contribution < -0.4 is 5.32 Å². The number of anilines is 1. The predicted molar refractivity (Wildman–Crippen MR) is 81.2 cm³/mol. The van der Waals surface area contributed by atoms with Crippen LogP contribution in [-0.4, -0.2) is 38.4 Å². The van der Waals surface area contributed by atoms with Crippen molar-refractivity contribution in [3.63, 3.8) is 0 Å². The Morgan fingerprint density at radius 3 is 2.80 bits per heavy atom. The summed E-state index contributed by atoms with van der Waals surface area (Å²) in [5, 5.41) is 14.0. The third kappa shape index (κ3) is 6.31. The SMILES string of the molecule is COCCOCCCCNc1ccc(Br)cc1[N+](=O)[O-]. The highest BCUT2D eigenvalue weighted by molar-refractivity contribution is 9.10. The zero-order chi connectivity index (χ0) is 14.8. The molecule has 1 rings (SSSR count). The Balaban J connectivity index is 2.27. The number of nitrogens with zero attached hydrogens (tertiary/aromatic N) is 1. The minimum Gasteiger partial charge on any atom is -0.382 e. The lowest BCUT2D eigenvalue weighted by Crippen LogP contribution is -2.07. The van der Waals surface area contributed by atoms with Gasteiger partial charge in [0.1, 0.15) is 5.69 Å². The maximum Gasteiger partial charge on any atom is 0.293 e. The Bertz CT molecular complexity index is 429. The van der Waals surface area contributed by atoms with Crippen molar-refractivity contribution in [2.45, 2.75) is 12.8 Å². The summed E-state index contributed by atoms with van der Waals surface area (Å²) in [7, 11) is 1.64. The number of methoxy groups -OCH3 is 1. The van der Waals surface area contributed by atoms with Gasteiger partial charge in [-0.3, -0.25) is 10.1 Å². The van der Waals surface area contributed by atoms with Crippen LogP contribution in [0.25, 0.3) is 0 Å². The summed E-state index contributed by atoms with van der Waals surface area (Å²) in [5.74, 6) is 0. The molecule has 0 spiro atoms. The first kappa shape index (κ1) is 16.9. The van der Waals surface area contributed by atoms with E-state index < -0.39 is 0 Å². The Labute approximate surface area is 126 Å². The first-order valence-corrected chi connectivity index (χ1v) is 7.19. The van der Waals surface area contributed by atoms with Crippen LogP contribution in [0.1, 0.15) is 12.8 Å². The van der Waals surface area contributed by atoms with Crippen molar-refractivity contribution in [1.82, 2.24) is 0 Å². The van der Waals surface area contributed by atoms with Gasteiger partial charge < -0.3 is 14.8 Å². The van der Waals surface area contributed by atoms with E-state index in [2.05, 4.69) is 21.2 Å². The standard InChI is InChI=1S/C13H19BrN2O4/c1-19-8-9-20-7-3-2-6-15-12-5-4-11(14)10-13(12)16(17)18/h4-5,10,15H,2-3,6-9H2,1H3. The summed E-state index contributed by atoms with van der Waals surface area (Å²) >= 11 is 3.23. The average Bonchev–Trinajstić information content (AvgIpc) is 2.43. The van der Waals surface area contributed by atoms with E-state index in [1.165, 1.54) is 6.07 Å². The zero-order valence-corrected chi connectivity index (χ0v) is 13.0. The Morgan fingerprint density at radius 2 is 2.10 bits per heavy atom. The lowest BCUT2D eigenvalue weighted by atomic mass is 10.2. The fourth-order valence-electron chi connectivity index (χ4n) is 1.60. The molecule has 0 radical (unpaired) electrons. The van der Waals surface area contributed by atoms with Crippen LogP contribution in [-0.2, 0) is 9.47 Å². The highest BCUT2D eigenvalue weighted by Gasteiger charge is 2.13. The van der Waals surface area contributed by atoms with E-state index in [9.17, 15) is 10.1 Å². The van der Waals surface area contributed by atoms with E-state index in [4.69, 9.17) is 9.47 Å². The maximum absolute atomic E-state index is 10.9. The minimum absolute atomic E-state index is 0.0794. The number of unbranched alkanes of at least 4 members (excludes halogenated alkanes) is 1. The second-order valence-corrected chi connectivity index (χ2v) is 5.07. The lowest BCUT2D eigenvalue weighted by molar-refractivity contribution is -0.384. The van der Waals surface area contributed by atoms with Crippen LogP contribution >= 0.6 is 15.9 Å². The topological polar surface area (TPSA) is 73.6 Å². The third-order valence-electron chi connectivity index (χ3n) is 2.62. The molecule has 1 aromatic rings. The smallest absolute Gasteiger partial charge is 0.293 e. The number of hydrogen-bond acceptors (Lipinski definition) is 5. The molecule has 0 aliphatic rings. The van der Waals surface area contributed by atoms with E-state index in [0.29, 0.717) is 36.5 Å². The van der Waals surface area contributed by atoms with E-state index in [-0.39, 0.29) is 10.6 Å². The quantitative estimate of drug-likeness (QED) is 0.400. The number of nitrogens with one attached hydrogen (secondary N) is 1. The molecule has 6 nitrogen and oxygen atoms in total. The van der Waals surface area contributed by atoms with Crippen molar-refractivity contribution in [2.24, 2.45) is 0 Å². The second kappa shape index (κ2) is 9.68. The zero-order valence-electron chi connectivity index (χ0n) is 11.4. The van der Waals surface area contributed by atoms with Crippen molar-refractivity contribution in [3.8, 4) is 0 Å². The van der Waals surface area contributed by atoms with Crippen molar-refractivity contribution < 1.29 is 14.4 Å².